The van der Waals surface area contributed by atoms with Crippen molar-refractivity contribution in [3.63, 3.8) is 0 Å². The lowest BCUT2D eigenvalue weighted by atomic mass is 9.91. The number of nitrogens with one attached hydrogen (secondary N) is 1. The largest absolute Gasteiger partial charge is 0.480 e. The van der Waals surface area contributed by atoms with Gasteiger partial charge in [0.25, 0.3) is 0 Å². The Morgan fingerprint density at radius 2 is 2.00 bits per heavy atom. The molecule has 2 fully saturated rings. The molecule has 0 radical (unpaired) electrons. The van der Waals surface area contributed by atoms with Crippen LogP contribution in [0.15, 0.2) is 0 Å². The molecule has 2 unspecified atom stereocenters. The number of aliphatic carboxylic acids is 1. The van der Waals surface area contributed by atoms with Crippen LogP contribution in [0.2, 0.25) is 0 Å². The molecule has 2 atom stereocenters. The van der Waals surface area contributed by atoms with Crippen LogP contribution in [0, 0.1) is 11.3 Å². The van der Waals surface area contributed by atoms with Crippen molar-refractivity contribution in [1.82, 2.24) is 10.2 Å². The van der Waals surface area contributed by atoms with Crippen LogP contribution in [0.1, 0.15) is 26.2 Å². The van der Waals surface area contributed by atoms with E-state index < -0.39 is 12.0 Å². The molecule has 1 spiro atoms. The lowest BCUT2D eigenvalue weighted by molar-refractivity contribution is -0.149. The second-order valence-electron chi connectivity index (χ2n) is 5.33. The molecule has 96 valence electrons. The van der Waals surface area contributed by atoms with Crippen molar-refractivity contribution in [3.05, 3.63) is 0 Å². The fourth-order valence-corrected chi connectivity index (χ4v) is 2.78. The van der Waals surface area contributed by atoms with E-state index in [1.54, 1.807) is 14.0 Å². The van der Waals surface area contributed by atoms with Crippen molar-refractivity contribution in [1.29, 1.82) is 0 Å². The molecule has 17 heavy (non-hydrogen) atoms. The van der Waals surface area contributed by atoms with Crippen molar-refractivity contribution >= 4 is 11.9 Å². The number of nitrogens with zero attached hydrogens (tertiary/aromatic N) is 1. The van der Waals surface area contributed by atoms with Gasteiger partial charge in [0.05, 0.1) is 0 Å². The predicted octanol–water partition coefficient (Wildman–Crippen LogP) is 0.308. The summed E-state index contributed by atoms with van der Waals surface area (Å²) in [4.78, 5) is 24.4. The molecule has 1 amide bonds. The molecule has 2 N–H and O–H groups in total. The normalized spacial score (nSPS) is 27.5. The summed E-state index contributed by atoms with van der Waals surface area (Å²) in [6.45, 7) is 3.50. The topological polar surface area (TPSA) is 69.6 Å². The summed E-state index contributed by atoms with van der Waals surface area (Å²) in [5, 5.41) is 12.2. The molecule has 1 aliphatic carbocycles. The molecule has 1 saturated carbocycles. The maximum Gasteiger partial charge on any atom is 0.326 e. The average molecular weight is 240 g/mol. The molecule has 0 aromatic heterocycles. The summed E-state index contributed by atoms with van der Waals surface area (Å²) >= 11 is 0. The Labute approximate surface area is 101 Å². The summed E-state index contributed by atoms with van der Waals surface area (Å²) in [5.74, 6) is -0.890. The second-order valence-corrected chi connectivity index (χ2v) is 5.33. The van der Waals surface area contributed by atoms with Crippen LogP contribution < -0.4 is 5.32 Å². The van der Waals surface area contributed by atoms with E-state index in [1.165, 1.54) is 4.90 Å². The molecule has 1 heterocycles. The Balaban J connectivity index is 1.96. The standard InChI is InChI=1S/C12H20N2O3/c1-8(11(16)17)14(2)10(15)9-7-12(9)3-5-13-6-4-12/h8-9,13H,3-7H2,1-2H3,(H,16,17). The van der Waals surface area contributed by atoms with Crippen LogP contribution in [0.5, 0.6) is 0 Å². The van der Waals surface area contributed by atoms with Gasteiger partial charge in [-0.15, -0.1) is 0 Å². The lowest BCUT2D eigenvalue weighted by Gasteiger charge is -2.26. The number of carbonyl (C=O) groups excluding carboxylic acids is 1. The summed E-state index contributed by atoms with van der Waals surface area (Å²) in [5.41, 5.74) is 0.175. The number of carboxylic acid groups (broad SMARTS) is 1. The zero-order chi connectivity index (χ0) is 12.6. The summed E-state index contributed by atoms with van der Waals surface area (Å²) in [7, 11) is 1.59. The van der Waals surface area contributed by atoms with E-state index in [9.17, 15) is 9.59 Å². The van der Waals surface area contributed by atoms with Gasteiger partial charge in [-0.05, 0) is 44.7 Å². The number of carbonyl (C=O) groups is 2. The van der Waals surface area contributed by atoms with Gasteiger partial charge in [0.2, 0.25) is 5.91 Å². The van der Waals surface area contributed by atoms with Gasteiger partial charge in [-0.2, -0.15) is 0 Å². The van der Waals surface area contributed by atoms with Gasteiger partial charge in [0.1, 0.15) is 6.04 Å². The molecule has 1 saturated heterocycles. The molecule has 2 aliphatic rings. The van der Waals surface area contributed by atoms with Gasteiger partial charge in [0.15, 0.2) is 0 Å². The van der Waals surface area contributed by atoms with Crippen molar-refractivity contribution < 1.29 is 14.7 Å². The van der Waals surface area contributed by atoms with Crippen molar-refractivity contribution in [2.75, 3.05) is 20.1 Å². The monoisotopic (exact) mass is 240 g/mol. The van der Waals surface area contributed by atoms with E-state index in [1.807, 2.05) is 0 Å². The summed E-state index contributed by atoms with van der Waals surface area (Å²) < 4.78 is 0. The Morgan fingerprint density at radius 3 is 2.53 bits per heavy atom. The summed E-state index contributed by atoms with van der Waals surface area (Å²) in [6.07, 6.45) is 3.02. The van der Waals surface area contributed by atoms with Crippen LogP contribution in [0.25, 0.3) is 0 Å². The van der Waals surface area contributed by atoms with E-state index in [2.05, 4.69) is 5.32 Å². The van der Waals surface area contributed by atoms with E-state index in [0.717, 1.165) is 32.4 Å². The third-order valence-corrected chi connectivity index (χ3v) is 4.37. The number of piperidine rings is 1. The molecule has 1 aliphatic heterocycles. The minimum absolute atomic E-state index is 0.00167. The van der Waals surface area contributed by atoms with E-state index in [-0.39, 0.29) is 17.2 Å². The number of rotatable bonds is 3. The number of hydrogen-bond donors (Lipinski definition) is 2. The molecule has 0 aromatic carbocycles. The van der Waals surface area contributed by atoms with Crippen LogP contribution in [0.3, 0.4) is 0 Å². The Bertz CT molecular complexity index is 337. The highest BCUT2D eigenvalue weighted by atomic mass is 16.4. The van der Waals surface area contributed by atoms with Gasteiger partial charge in [-0.1, -0.05) is 0 Å². The SMILES string of the molecule is CC(C(=O)O)N(C)C(=O)C1CC12CCNCC2. The van der Waals surface area contributed by atoms with E-state index in [4.69, 9.17) is 5.11 Å². The van der Waals surface area contributed by atoms with Gasteiger partial charge in [-0.3, -0.25) is 4.79 Å². The highest BCUT2D eigenvalue weighted by molar-refractivity contribution is 5.87. The fraction of sp³-hybridized carbons (Fsp3) is 0.833. The molecular formula is C12H20N2O3. The Morgan fingerprint density at radius 1 is 1.41 bits per heavy atom. The Kier molecular flexibility index (Phi) is 3.12. The van der Waals surface area contributed by atoms with Crippen molar-refractivity contribution in [2.45, 2.75) is 32.2 Å². The summed E-state index contributed by atoms with van der Waals surface area (Å²) in [6, 6.07) is -0.734. The first-order valence-electron chi connectivity index (χ1n) is 6.18. The molecule has 0 aromatic rings. The van der Waals surface area contributed by atoms with Crippen molar-refractivity contribution in [2.24, 2.45) is 11.3 Å². The number of amides is 1. The zero-order valence-electron chi connectivity index (χ0n) is 10.4. The van der Waals surface area contributed by atoms with Crippen molar-refractivity contribution in [3.8, 4) is 0 Å². The van der Waals surface area contributed by atoms with Gasteiger partial charge < -0.3 is 15.3 Å². The fourth-order valence-electron chi connectivity index (χ4n) is 2.78. The third-order valence-electron chi connectivity index (χ3n) is 4.37. The average Bonchev–Trinajstić information content (AvgIpc) is 3.00. The number of hydrogen-bond acceptors (Lipinski definition) is 3. The van der Waals surface area contributed by atoms with Gasteiger partial charge in [-0.25, -0.2) is 4.79 Å². The van der Waals surface area contributed by atoms with Crippen LogP contribution >= 0.6 is 0 Å². The maximum absolute atomic E-state index is 12.2. The van der Waals surface area contributed by atoms with E-state index in [0.29, 0.717) is 0 Å². The first-order chi connectivity index (χ1) is 7.98. The highest BCUT2D eigenvalue weighted by Gasteiger charge is 2.58. The van der Waals surface area contributed by atoms with Gasteiger partial charge >= 0.3 is 5.97 Å². The lowest BCUT2D eigenvalue weighted by Crippen LogP contribution is -2.42. The third kappa shape index (κ3) is 2.16. The number of carboxylic acids is 1. The highest BCUT2D eigenvalue weighted by Crippen LogP contribution is 2.59. The quantitative estimate of drug-likeness (QED) is 0.745. The smallest absolute Gasteiger partial charge is 0.326 e. The molecule has 0 bridgehead atoms. The first-order valence-corrected chi connectivity index (χ1v) is 6.18. The minimum Gasteiger partial charge on any atom is -0.480 e. The van der Waals surface area contributed by atoms with Gasteiger partial charge in [0, 0.05) is 13.0 Å². The molecule has 5 nitrogen and oxygen atoms in total. The minimum atomic E-state index is -0.944. The first kappa shape index (κ1) is 12.4. The second kappa shape index (κ2) is 4.29. The molecule has 2 rings (SSSR count). The maximum atomic E-state index is 12.2. The van der Waals surface area contributed by atoms with Crippen LogP contribution in [-0.4, -0.2) is 48.1 Å². The molecular weight excluding hydrogens is 220 g/mol. The zero-order valence-corrected chi connectivity index (χ0v) is 10.4. The van der Waals surface area contributed by atoms with Crippen LogP contribution in [0.4, 0.5) is 0 Å². The van der Waals surface area contributed by atoms with Crippen LogP contribution in [-0.2, 0) is 9.59 Å². The predicted molar refractivity (Wildman–Crippen MR) is 62.5 cm³/mol. The Hall–Kier alpha value is -1.10. The number of likely N-dealkylation sites (N-methyl/N-ethyl adjacent to an activating group) is 1. The molecule has 5 heteroatoms. The van der Waals surface area contributed by atoms with E-state index >= 15 is 0 Å².